The first-order chi connectivity index (χ1) is 11.8. The van der Waals surface area contributed by atoms with Gasteiger partial charge in [0.25, 0.3) is 0 Å². The van der Waals surface area contributed by atoms with E-state index in [4.69, 9.17) is 0 Å². The van der Waals surface area contributed by atoms with Crippen LogP contribution in [-0.4, -0.2) is 25.9 Å². The number of nitrogens with zero attached hydrogens (tertiary/aromatic N) is 3. The number of hydrogen-bond acceptors (Lipinski definition) is 4. The van der Waals surface area contributed by atoms with Crippen molar-refractivity contribution in [1.29, 1.82) is 0 Å². The molecule has 0 bridgehead atoms. The molecule has 3 rings (SSSR count). The Balaban J connectivity index is 1.65. The summed E-state index contributed by atoms with van der Waals surface area (Å²) in [5.74, 6) is 0.967. The molecule has 25 heavy (non-hydrogen) atoms. The van der Waals surface area contributed by atoms with Gasteiger partial charge >= 0.3 is 6.18 Å². The van der Waals surface area contributed by atoms with Gasteiger partial charge in [0.15, 0.2) is 5.16 Å². The van der Waals surface area contributed by atoms with Crippen molar-refractivity contribution in [2.45, 2.75) is 42.3 Å². The summed E-state index contributed by atoms with van der Waals surface area (Å²) in [5, 5.41) is 10.9. The zero-order valence-electron chi connectivity index (χ0n) is 13.7. The predicted octanol–water partition coefficient (Wildman–Crippen LogP) is 3.83. The quantitative estimate of drug-likeness (QED) is 0.813. The van der Waals surface area contributed by atoms with Crippen molar-refractivity contribution >= 4 is 23.4 Å². The van der Waals surface area contributed by atoms with E-state index in [9.17, 15) is 18.0 Å². The summed E-state index contributed by atoms with van der Waals surface area (Å²) in [5.41, 5.74) is -0.683. The summed E-state index contributed by atoms with van der Waals surface area (Å²) in [6.07, 6.45) is -2.25. The van der Waals surface area contributed by atoms with Crippen LogP contribution in [0.1, 0.15) is 37.1 Å². The average molecular weight is 370 g/mol. The summed E-state index contributed by atoms with van der Waals surface area (Å²) < 4.78 is 40.1. The zero-order valence-corrected chi connectivity index (χ0v) is 14.5. The summed E-state index contributed by atoms with van der Waals surface area (Å²) in [4.78, 5) is 12.3. The number of carbonyl (C=O) groups is 1. The number of thioether (sulfide) groups is 1. The maximum atomic E-state index is 12.7. The molecule has 2 aromatic rings. The van der Waals surface area contributed by atoms with Crippen LogP contribution in [0.3, 0.4) is 0 Å². The van der Waals surface area contributed by atoms with Crippen LogP contribution in [0.15, 0.2) is 29.4 Å². The Bertz CT molecular complexity index is 786. The molecule has 1 aromatic heterocycles. The number of carbonyl (C=O) groups excluding carboxylic acids is 1. The normalized spacial score (nSPS) is 15.9. The van der Waals surface area contributed by atoms with Gasteiger partial charge < -0.3 is 9.88 Å². The maximum Gasteiger partial charge on any atom is 0.416 e. The predicted molar refractivity (Wildman–Crippen MR) is 88.4 cm³/mol. The first-order valence-electron chi connectivity index (χ1n) is 7.80. The number of rotatable bonds is 5. The molecule has 1 saturated carbocycles. The lowest BCUT2D eigenvalue weighted by atomic mass is 10.2. The Morgan fingerprint density at radius 1 is 1.36 bits per heavy atom. The third-order valence-corrected chi connectivity index (χ3v) is 5.05. The smallest absolute Gasteiger partial charge is 0.325 e. The van der Waals surface area contributed by atoms with Gasteiger partial charge in [-0.25, -0.2) is 0 Å². The maximum absolute atomic E-state index is 12.7. The monoisotopic (exact) mass is 370 g/mol. The van der Waals surface area contributed by atoms with Crippen molar-refractivity contribution < 1.29 is 18.0 Å². The minimum atomic E-state index is -4.45. The zero-order chi connectivity index (χ0) is 18.2. The molecule has 0 radical (unpaired) electrons. The number of hydrogen-bond donors (Lipinski definition) is 1. The fraction of sp³-hybridized carbons (Fsp3) is 0.438. The fourth-order valence-corrected chi connectivity index (χ4v) is 3.18. The highest BCUT2D eigenvalue weighted by atomic mass is 32.2. The van der Waals surface area contributed by atoms with Crippen LogP contribution in [0.4, 0.5) is 18.9 Å². The van der Waals surface area contributed by atoms with Crippen LogP contribution in [0.2, 0.25) is 0 Å². The van der Waals surface area contributed by atoms with Crippen molar-refractivity contribution in [2.75, 3.05) is 5.32 Å². The molecule has 1 N–H and O–H groups in total. The number of amides is 1. The highest BCUT2D eigenvalue weighted by Crippen LogP contribution is 2.39. The third kappa shape index (κ3) is 4.15. The highest BCUT2D eigenvalue weighted by Gasteiger charge is 2.31. The molecule has 1 heterocycles. The molecule has 1 aromatic carbocycles. The molecule has 0 spiro atoms. The Morgan fingerprint density at radius 3 is 2.72 bits per heavy atom. The molecule has 1 aliphatic carbocycles. The number of halogens is 3. The Hall–Kier alpha value is -2.03. The van der Waals surface area contributed by atoms with E-state index in [0.29, 0.717) is 11.1 Å². The average Bonchev–Trinajstić information content (AvgIpc) is 3.32. The molecule has 1 aliphatic rings. The number of anilines is 1. The van der Waals surface area contributed by atoms with Crippen molar-refractivity contribution in [2.24, 2.45) is 7.05 Å². The van der Waals surface area contributed by atoms with Crippen LogP contribution in [-0.2, 0) is 18.0 Å². The molecule has 1 atom stereocenters. The fourth-order valence-electron chi connectivity index (χ4n) is 2.35. The van der Waals surface area contributed by atoms with Crippen LogP contribution >= 0.6 is 11.8 Å². The molecule has 1 amide bonds. The second kappa shape index (κ2) is 6.70. The summed E-state index contributed by atoms with van der Waals surface area (Å²) >= 11 is 1.23. The van der Waals surface area contributed by atoms with Crippen LogP contribution in [0.5, 0.6) is 0 Å². The number of aromatic nitrogens is 3. The van der Waals surface area contributed by atoms with Crippen molar-refractivity contribution in [1.82, 2.24) is 14.8 Å². The Kier molecular flexibility index (Phi) is 4.77. The minimum Gasteiger partial charge on any atom is -0.325 e. The second-order valence-corrected chi connectivity index (χ2v) is 7.31. The molecule has 134 valence electrons. The Labute approximate surface area is 147 Å². The van der Waals surface area contributed by atoms with Crippen molar-refractivity contribution in [3.05, 3.63) is 35.7 Å². The van der Waals surface area contributed by atoms with E-state index in [-0.39, 0.29) is 11.6 Å². The van der Waals surface area contributed by atoms with E-state index in [0.717, 1.165) is 30.8 Å². The first kappa shape index (κ1) is 17.8. The molecule has 0 saturated heterocycles. The molecule has 5 nitrogen and oxygen atoms in total. The third-order valence-electron chi connectivity index (χ3n) is 3.92. The van der Waals surface area contributed by atoms with Gasteiger partial charge in [0, 0.05) is 18.7 Å². The van der Waals surface area contributed by atoms with Gasteiger partial charge in [0.2, 0.25) is 5.91 Å². The standard InChI is InChI=1S/C16H17F3N4OS/c1-9(25-15-22-21-13(23(15)2)10-6-7-10)14(24)20-12-5-3-4-11(8-12)16(17,18)19/h3-5,8-10H,6-7H2,1-2H3,(H,20,24)/t9-/m1/s1. The van der Waals surface area contributed by atoms with Gasteiger partial charge in [-0.1, -0.05) is 17.8 Å². The molecular formula is C16H17F3N4OS. The topological polar surface area (TPSA) is 59.8 Å². The lowest BCUT2D eigenvalue weighted by molar-refractivity contribution is -0.137. The molecule has 0 unspecified atom stereocenters. The van der Waals surface area contributed by atoms with E-state index < -0.39 is 17.0 Å². The number of nitrogens with one attached hydrogen (secondary N) is 1. The molecule has 0 aliphatic heterocycles. The summed E-state index contributed by atoms with van der Waals surface area (Å²) in [6, 6.07) is 4.58. The first-order valence-corrected chi connectivity index (χ1v) is 8.67. The largest absolute Gasteiger partial charge is 0.416 e. The van der Waals surface area contributed by atoms with E-state index in [2.05, 4.69) is 15.5 Å². The minimum absolute atomic E-state index is 0.115. The van der Waals surface area contributed by atoms with Gasteiger partial charge in [-0.2, -0.15) is 13.2 Å². The molecule has 9 heteroatoms. The highest BCUT2D eigenvalue weighted by molar-refractivity contribution is 8.00. The van der Waals surface area contributed by atoms with Gasteiger partial charge in [-0.15, -0.1) is 10.2 Å². The Morgan fingerprint density at radius 2 is 2.08 bits per heavy atom. The SMILES string of the molecule is C[C@@H](Sc1nnc(C2CC2)n1C)C(=O)Nc1cccc(C(F)(F)F)c1. The van der Waals surface area contributed by atoms with E-state index in [1.54, 1.807) is 6.92 Å². The van der Waals surface area contributed by atoms with E-state index in [1.807, 2.05) is 11.6 Å². The lowest BCUT2D eigenvalue weighted by Gasteiger charge is -2.13. The van der Waals surface area contributed by atoms with Gasteiger partial charge in [0.1, 0.15) is 5.82 Å². The van der Waals surface area contributed by atoms with Crippen LogP contribution in [0.25, 0.3) is 0 Å². The number of alkyl halides is 3. The molecular weight excluding hydrogens is 353 g/mol. The van der Waals surface area contributed by atoms with Gasteiger partial charge in [0.05, 0.1) is 10.8 Å². The lowest BCUT2D eigenvalue weighted by Crippen LogP contribution is -2.23. The van der Waals surface area contributed by atoms with Gasteiger partial charge in [-0.05, 0) is 38.0 Å². The van der Waals surface area contributed by atoms with E-state index in [1.165, 1.54) is 23.9 Å². The summed E-state index contributed by atoms with van der Waals surface area (Å²) in [7, 11) is 1.85. The second-order valence-electron chi connectivity index (χ2n) is 6.00. The van der Waals surface area contributed by atoms with Crippen molar-refractivity contribution in [3.63, 3.8) is 0 Å². The van der Waals surface area contributed by atoms with Crippen LogP contribution < -0.4 is 5.32 Å². The summed E-state index contributed by atoms with van der Waals surface area (Å²) in [6.45, 7) is 1.68. The van der Waals surface area contributed by atoms with Crippen molar-refractivity contribution in [3.8, 4) is 0 Å². The van der Waals surface area contributed by atoms with Gasteiger partial charge in [-0.3, -0.25) is 4.79 Å². The van der Waals surface area contributed by atoms with Crippen LogP contribution in [0, 0.1) is 0 Å². The number of benzene rings is 1. The van der Waals surface area contributed by atoms with E-state index >= 15 is 0 Å². The molecule has 1 fully saturated rings.